The molecule has 0 aliphatic heterocycles. The van der Waals surface area contributed by atoms with Gasteiger partial charge in [0.05, 0.1) is 0 Å². The summed E-state index contributed by atoms with van der Waals surface area (Å²) in [6.07, 6.45) is 10.1. The fraction of sp³-hybridized carbons (Fsp3) is 0.833. The molecule has 0 amide bonds. The van der Waals surface area contributed by atoms with E-state index in [-0.39, 0.29) is 0 Å². The predicted octanol–water partition coefficient (Wildman–Crippen LogP) is 2.90. The zero-order valence-corrected chi connectivity index (χ0v) is 8.55. The van der Waals surface area contributed by atoms with Crippen molar-refractivity contribution in [2.45, 2.75) is 45.4 Å². The van der Waals surface area contributed by atoms with Crippen LogP contribution in [0, 0.1) is 11.3 Å². The van der Waals surface area contributed by atoms with Crippen LogP contribution in [0.5, 0.6) is 0 Å². The molecule has 0 aromatic rings. The fourth-order valence-electron chi connectivity index (χ4n) is 3.14. The maximum atomic E-state index is 9.33. The van der Waals surface area contributed by atoms with Crippen molar-refractivity contribution in [3.05, 3.63) is 11.6 Å². The molecule has 0 radical (unpaired) electrons. The lowest BCUT2D eigenvalue weighted by molar-refractivity contribution is 0.155. The van der Waals surface area contributed by atoms with E-state index in [0.29, 0.717) is 17.9 Å². The molecule has 1 N–H and O–H groups in total. The fourth-order valence-corrected chi connectivity index (χ4v) is 3.14. The van der Waals surface area contributed by atoms with E-state index >= 15 is 0 Å². The van der Waals surface area contributed by atoms with Crippen molar-refractivity contribution in [2.75, 3.05) is 6.61 Å². The molecule has 0 aromatic carbocycles. The second kappa shape index (κ2) is 3.45. The summed E-state index contributed by atoms with van der Waals surface area (Å²) in [4.78, 5) is 0. The van der Waals surface area contributed by atoms with E-state index in [1.54, 1.807) is 5.57 Å². The van der Waals surface area contributed by atoms with E-state index in [1.807, 2.05) is 0 Å². The van der Waals surface area contributed by atoms with E-state index in [1.165, 1.54) is 38.5 Å². The second-order valence-electron chi connectivity index (χ2n) is 4.81. The molecule has 2 aliphatic carbocycles. The largest absolute Gasteiger partial charge is 0.396 e. The summed E-state index contributed by atoms with van der Waals surface area (Å²) < 4.78 is 0. The lowest BCUT2D eigenvalue weighted by Gasteiger charge is -2.32. The van der Waals surface area contributed by atoms with E-state index in [4.69, 9.17) is 0 Å². The van der Waals surface area contributed by atoms with Crippen LogP contribution in [0.2, 0.25) is 0 Å². The van der Waals surface area contributed by atoms with E-state index < -0.39 is 0 Å². The third kappa shape index (κ3) is 1.43. The Kier molecular flexibility index (Phi) is 2.46. The SMILES string of the molecule is CC1(C2=CCCC2)CCCC1CO. The Morgan fingerprint density at radius 1 is 1.54 bits per heavy atom. The van der Waals surface area contributed by atoms with Gasteiger partial charge in [0.2, 0.25) is 0 Å². The molecule has 1 nitrogen and oxygen atoms in total. The first-order valence-electron chi connectivity index (χ1n) is 5.58. The molecule has 2 unspecified atom stereocenters. The van der Waals surface area contributed by atoms with Crippen molar-refractivity contribution in [1.82, 2.24) is 0 Å². The molecule has 0 bridgehead atoms. The minimum absolute atomic E-state index is 0.352. The summed E-state index contributed by atoms with van der Waals surface area (Å²) in [7, 11) is 0. The van der Waals surface area contributed by atoms with Crippen molar-refractivity contribution in [3.8, 4) is 0 Å². The molecule has 0 saturated heterocycles. The average Bonchev–Trinajstić information content (AvgIpc) is 2.72. The highest BCUT2D eigenvalue weighted by Crippen LogP contribution is 2.50. The summed E-state index contributed by atoms with van der Waals surface area (Å²) in [6, 6.07) is 0. The number of rotatable bonds is 2. The molecule has 74 valence electrons. The van der Waals surface area contributed by atoms with Crippen molar-refractivity contribution in [1.29, 1.82) is 0 Å². The van der Waals surface area contributed by atoms with Gasteiger partial charge in [-0.2, -0.15) is 0 Å². The predicted molar refractivity (Wildman–Crippen MR) is 54.5 cm³/mol. The van der Waals surface area contributed by atoms with E-state index in [0.717, 1.165) is 0 Å². The number of allylic oxidation sites excluding steroid dienone is 2. The van der Waals surface area contributed by atoms with Crippen LogP contribution >= 0.6 is 0 Å². The normalized spacial score (nSPS) is 39.5. The van der Waals surface area contributed by atoms with Gasteiger partial charge < -0.3 is 5.11 Å². The lowest BCUT2D eigenvalue weighted by atomic mass is 9.73. The van der Waals surface area contributed by atoms with Gasteiger partial charge in [0.15, 0.2) is 0 Å². The van der Waals surface area contributed by atoms with Crippen LogP contribution in [0.25, 0.3) is 0 Å². The van der Waals surface area contributed by atoms with Crippen molar-refractivity contribution in [3.63, 3.8) is 0 Å². The standard InChI is InChI=1S/C12H20O/c1-12(10-5-2-3-6-10)8-4-7-11(12)9-13/h5,11,13H,2-4,6-9H2,1H3. The van der Waals surface area contributed by atoms with Crippen molar-refractivity contribution in [2.24, 2.45) is 11.3 Å². The van der Waals surface area contributed by atoms with Gasteiger partial charge in [0.1, 0.15) is 0 Å². The molecular weight excluding hydrogens is 160 g/mol. The topological polar surface area (TPSA) is 20.2 Å². The van der Waals surface area contributed by atoms with Gasteiger partial charge in [0, 0.05) is 6.61 Å². The van der Waals surface area contributed by atoms with E-state index in [2.05, 4.69) is 13.0 Å². The van der Waals surface area contributed by atoms with Crippen LogP contribution in [0.3, 0.4) is 0 Å². The van der Waals surface area contributed by atoms with Gasteiger partial charge in [-0.25, -0.2) is 0 Å². The maximum Gasteiger partial charge on any atom is 0.0467 e. The molecule has 2 aliphatic rings. The Morgan fingerprint density at radius 3 is 3.00 bits per heavy atom. The Morgan fingerprint density at radius 2 is 2.38 bits per heavy atom. The third-order valence-corrected chi connectivity index (χ3v) is 4.14. The smallest absolute Gasteiger partial charge is 0.0467 e. The van der Waals surface area contributed by atoms with Gasteiger partial charge >= 0.3 is 0 Å². The van der Waals surface area contributed by atoms with E-state index in [9.17, 15) is 5.11 Å². The average molecular weight is 180 g/mol. The first-order valence-corrected chi connectivity index (χ1v) is 5.58. The van der Waals surface area contributed by atoms with Gasteiger partial charge in [-0.05, 0) is 43.4 Å². The van der Waals surface area contributed by atoms with Crippen LogP contribution in [-0.4, -0.2) is 11.7 Å². The molecule has 2 atom stereocenters. The van der Waals surface area contributed by atoms with Crippen LogP contribution in [0.4, 0.5) is 0 Å². The van der Waals surface area contributed by atoms with Crippen LogP contribution < -0.4 is 0 Å². The van der Waals surface area contributed by atoms with Gasteiger partial charge in [-0.15, -0.1) is 0 Å². The maximum absolute atomic E-state index is 9.33. The van der Waals surface area contributed by atoms with Crippen LogP contribution in [0.15, 0.2) is 11.6 Å². The molecule has 13 heavy (non-hydrogen) atoms. The number of aliphatic hydroxyl groups is 1. The molecule has 1 fully saturated rings. The van der Waals surface area contributed by atoms with Crippen molar-refractivity contribution >= 4 is 0 Å². The molecule has 1 heteroatoms. The summed E-state index contributed by atoms with van der Waals surface area (Å²) in [6.45, 7) is 2.74. The lowest BCUT2D eigenvalue weighted by Crippen LogP contribution is -2.26. The highest BCUT2D eigenvalue weighted by molar-refractivity contribution is 5.20. The Hall–Kier alpha value is -0.300. The van der Waals surface area contributed by atoms with Crippen LogP contribution in [-0.2, 0) is 0 Å². The molecule has 0 heterocycles. The number of aliphatic hydroxyl groups excluding tert-OH is 1. The molecule has 1 saturated carbocycles. The Labute approximate surface area is 80.8 Å². The second-order valence-corrected chi connectivity index (χ2v) is 4.81. The Bertz CT molecular complexity index is 219. The number of hydrogen-bond acceptors (Lipinski definition) is 1. The molecule has 0 aromatic heterocycles. The quantitative estimate of drug-likeness (QED) is 0.648. The zero-order valence-electron chi connectivity index (χ0n) is 8.55. The number of hydrogen-bond donors (Lipinski definition) is 1. The molecule has 2 rings (SSSR count). The van der Waals surface area contributed by atoms with Crippen molar-refractivity contribution < 1.29 is 5.11 Å². The Balaban J connectivity index is 2.17. The summed E-state index contributed by atoms with van der Waals surface area (Å²) in [5.74, 6) is 0.539. The summed E-state index contributed by atoms with van der Waals surface area (Å²) in [5, 5.41) is 9.33. The summed E-state index contributed by atoms with van der Waals surface area (Å²) in [5.41, 5.74) is 2.00. The summed E-state index contributed by atoms with van der Waals surface area (Å²) >= 11 is 0. The molecule has 0 spiro atoms. The highest BCUT2D eigenvalue weighted by Gasteiger charge is 2.41. The first kappa shape index (κ1) is 9.26. The van der Waals surface area contributed by atoms with Gasteiger partial charge in [0.25, 0.3) is 0 Å². The third-order valence-electron chi connectivity index (χ3n) is 4.14. The first-order chi connectivity index (χ1) is 6.27. The van der Waals surface area contributed by atoms with Crippen LogP contribution in [0.1, 0.15) is 45.4 Å². The minimum atomic E-state index is 0.352. The van der Waals surface area contributed by atoms with Gasteiger partial charge in [-0.1, -0.05) is 25.0 Å². The zero-order chi connectivity index (χ0) is 9.31. The van der Waals surface area contributed by atoms with Gasteiger partial charge in [-0.3, -0.25) is 0 Å². The molecular formula is C12H20O. The monoisotopic (exact) mass is 180 g/mol. The minimum Gasteiger partial charge on any atom is -0.396 e. The highest BCUT2D eigenvalue weighted by atomic mass is 16.3.